The summed E-state index contributed by atoms with van der Waals surface area (Å²) < 4.78 is 6.84. The summed E-state index contributed by atoms with van der Waals surface area (Å²) in [6, 6.07) is 5.33. The fourth-order valence-corrected chi connectivity index (χ4v) is 1.79. The van der Waals surface area contributed by atoms with Gasteiger partial charge in [-0.05, 0) is 33.2 Å². The first-order valence-corrected chi connectivity index (χ1v) is 5.77. The van der Waals surface area contributed by atoms with Gasteiger partial charge >= 0.3 is 0 Å². The number of fused-ring (bicyclic) bond motifs is 1. The van der Waals surface area contributed by atoms with Crippen LogP contribution in [0.2, 0.25) is 0 Å². The van der Waals surface area contributed by atoms with Gasteiger partial charge in [-0.15, -0.1) is 0 Å². The van der Waals surface area contributed by atoms with E-state index >= 15 is 0 Å². The van der Waals surface area contributed by atoms with E-state index in [0.29, 0.717) is 5.75 Å². The molecule has 0 aliphatic rings. The molecule has 0 unspecified atom stereocenters. The van der Waals surface area contributed by atoms with Crippen LogP contribution in [0.1, 0.15) is 11.7 Å². The van der Waals surface area contributed by atoms with E-state index in [1.807, 2.05) is 44.1 Å². The maximum Gasteiger partial charge on any atom is 0.249 e. The zero-order valence-electron chi connectivity index (χ0n) is 11.0. The molecule has 1 aromatic carbocycles. The quantitative estimate of drug-likeness (QED) is 0.827. The van der Waals surface area contributed by atoms with Crippen LogP contribution in [0.3, 0.4) is 0 Å². The largest absolute Gasteiger partial charge is 0.494 e. The van der Waals surface area contributed by atoms with Gasteiger partial charge in [0.1, 0.15) is 17.6 Å². The molecule has 0 bridgehead atoms. The molecule has 1 aromatic heterocycles. The molecule has 0 aliphatic carbocycles. The number of carbonyl (C=O) groups excluding carboxylic acids is 1. The fraction of sp³-hybridized carbons (Fsp3) is 0.385. The monoisotopic (exact) mass is 247 g/mol. The lowest BCUT2D eigenvalue weighted by atomic mass is 10.2. The van der Waals surface area contributed by atoms with Crippen molar-refractivity contribution in [2.45, 2.75) is 13.0 Å². The Morgan fingerprint density at radius 3 is 2.78 bits per heavy atom. The number of methoxy groups -OCH3 is 1. The van der Waals surface area contributed by atoms with Crippen LogP contribution >= 0.6 is 0 Å². The van der Waals surface area contributed by atoms with Crippen molar-refractivity contribution in [1.29, 1.82) is 0 Å². The van der Waals surface area contributed by atoms with Crippen molar-refractivity contribution < 1.29 is 9.53 Å². The molecule has 18 heavy (non-hydrogen) atoms. The average molecular weight is 247 g/mol. The number of nitrogens with zero attached hydrogens (tertiary/aromatic N) is 3. The molecule has 0 spiro atoms. The van der Waals surface area contributed by atoms with Gasteiger partial charge < -0.3 is 4.74 Å². The van der Waals surface area contributed by atoms with E-state index in [0.717, 1.165) is 11.0 Å². The first kappa shape index (κ1) is 12.6. The number of para-hydroxylation sites is 1. The molecule has 0 radical (unpaired) electrons. The predicted octanol–water partition coefficient (Wildman–Crippen LogP) is 1.64. The number of hydrogen-bond acceptors (Lipinski definition) is 4. The maximum absolute atomic E-state index is 12.4. The van der Waals surface area contributed by atoms with E-state index in [9.17, 15) is 4.79 Å². The summed E-state index contributed by atoms with van der Waals surface area (Å²) in [5, 5.41) is 0. The zero-order chi connectivity index (χ0) is 13.3. The number of carbonyl (C=O) groups is 1. The topological polar surface area (TPSA) is 47.4 Å². The van der Waals surface area contributed by atoms with Crippen LogP contribution in [0.4, 0.5) is 0 Å². The zero-order valence-corrected chi connectivity index (χ0v) is 11.0. The first-order valence-electron chi connectivity index (χ1n) is 5.77. The minimum Gasteiger partial charge on any atom is -0.494 e. The number of hydrogen-bond donors (Lipinski definition) is 0. The molecular weight excluding hydrogens is 230 g/mol. The van der Waals surface area contributed by atoms with E-state index in [1.165, 1.54) is 0 Å². The second-order valence-corrected chi connectivity index (χ2v) is 4.42. The highest BCUT2D eigenvalue weighted by Crippen LogP contribution is 2.24. The second kappa shape index (κ2) is 4.78. The molecule has 0 amide bonds. The van der Waals surface area contributed by atoms with Gasteiger partial charge in [0.05, 0.1) is 18.7 Å². The Balaban J connectivity index is 2.55. The Kier molecular flexibility index (Phi) is 3.34. The number of benzene rings is 1. The van der Waals surface area contributed by atoms with E-state index in [-0.39, 0.29) is 11.9 Å². The summed E-state index contributed by atoms with van der Waals surface area (Å²) in [6.45, 7) is 1.86. The summed E-state index contributed by atoms with van der Waals surface area (Å²) in [6.07, 6.45) is 1.55. The molecule has 0 saturated carbocycles. The van der Waals surface area contributed by atoms with E-state index in [4.69, 9.17) is 4.74 Å². The third-order valence-electron chi connectivity index (χ3n) is 3.12. The highest BCUT2D eigenvalue weighted by atomic mass is 16.5. The highest BCUT2D eigenvalue weighted by molar-refractivity contribution is 5.95. The molecule has 96 valence electrons. The Labute approximate surface area is 106 Å². The standard InChI is InChI=1S/C13H17N3O2/c1-9(15(2)3)13(17)16-8-14-10-6-5-7-11(18-4)12(10)16/h5-9H,1-4H3/t9-/m1/s1. The van der Waals surface area contributed by atoms with Gasteiger partial charge in [0.2, 0.25) is 5.91 Å². The summed E-state index contributed by atoms with van der Waals surface area (Å²) in [4.78, 5) is 18.5. The molecule has 2 rings (SSSR count). The molecule has 0 aliphatic heterocycles. The van der Waals surface area contributed by atoms with Gasteiger partial charge in [-0.25, -0.2) is 4.98 Å². The molecule has 5 heteroatoms. The van der Waals surface area contributed by atoms with Crippen molar-refractivity contribution in [2.75, 3.05) is 21.2 Å². The van der Waals surface area contributed by atoms with Crippen LogP contribution in [0.25, 0.3) is 11.0 Å². The highest BCUT2D eigenvalue weighted by Gasteiger charge is 2.20. The molecule has 0 fully saturated rings. The van der Waals surface area contributed by atoms with Crippen molar-refractivity contribution in [3.8, 4) is 5.75 Å². The smallest absolute Gasteiger partial charge is 0.249 e. The molecule has 1 atom stereocenters. The van der Waals surface area contributed by atoms with Crippen molar-refractivity contribution in [3.05, 3.63) is 24.5 Å². The van der Waals surface area contributed by atoms with Crippen LogP contribution in [-0.4, -0.2) is 47.6 Å². The van der Waals surface area contributed by atoms with E-state index in [2.05, 4.69) is 4.98 Å². The number of ether oxygens (including phenoxy) is 1. The van der Waals surface area contributed by atoms with Gasteiger partial charge in [-0.2, -0.15) is 0 Å². The fourth-order valence-electron chi connectivity index (χ4n) is 1.79. The Bertz CT molecular complexity index is 575. The summed E-state index contributed by atoms with van der Waals surface area (Å²) in [5.41, 5.74) is 1.48. The van der Waals surface area contributed by atoms with Crippen molar-refractivity contribution in [3.63, 3.8) is 0 Å². The lowest BCUT2D eigenvalue weighted by Crippen LogP contribution is -2.36. The number of likely N-dealkylation sites (N-methyl/N-ethyl adjacent to an activating group) is 1. The average Bonchev–Trinajstić information content (AvgIpc) is 2.80. The molecule has 1 heterocycles. The van der Waals surface area contributed by atoms with E-state index < -0.39 is 0 Å². The lowest BCUT2D eigenvalue weighted by Gasteiger charge is -2.19. The minimum atomic E-state index is -0.215. The summed E-state index contributed by atoms with van der Waals surface area (Å²) >= 11 is 0. The van der Waals surface area contributed by atoms with Gasteiger partial charge in [0.25, 0.3) is 0 Å². The van der Waals surface area contributed by atoms with Crippen molar-refractivity contribution in [1.82, 2.24) is 14.5 Å². The molecule has 5 nitrogen and oxygen atoms in total. The van der Waals surface area contributed by atoms with Crippen molar-refractivity contribution >= 4 is 16.9 Å². The maximum atomic E-state index is 12.4. The van der Waals surface area contributed by atoms with Crippen LogP contribution < -0.4 is 4.74 Å². The van der Waals surface area contributed by atoms with Gasteiger partial charge in [-0.1, -0.05) is 6.07 Å². The van der Waals surface area contributed by atoms with Gasteiger partial charge in [-0.3, -0.25) is 14.3 Å². The SMILES string of the molecule is COc1cccc2ncn(C(=O)[C@@H](C)N(C)C)c12. The van der Waals surface area contributed by atoms with Crippen molar-refractivity contribution in [2.24, 2.45) is 0 Å². The minimum absolute atomic E-state index is 0.0213. The molecule has 0 saturated heterocycles. The second-order valence-electron chi connectivity index (χ2n) is 4.42. The number of rotatable bonds is 3. The summed E-state index contributed by atoms with van der Waals surface area (Å²) in [5.74, 6) is 0.635. The van der Waals surface area contributed by atoms with Crippen LogP contribution in [0.15, 0.2) is 24.5 Å². The Morgan fingerprint density at radius 2 is 2.17 bits per heavy atom. The molecule has 0 N–H and O–H groups in total. The van der Waals surface area contributed by atoms with E-state index in [1.54, 1.807) is 18.0 Å². The third-order valence-corrected chi connectivity index (χ3v) is 3.12. The molecular formula is C13H17N3O2. The predicted molar refractivity (Wildman–Crippen MR) is 70.1 cm³/mol. The number of aromatic nitrogens is 2. The Hall–Kier alpha value is -1.88. The van der Waals surface area contributed by atoms with Gasteiger partial charge in [0, 0.05) is 0 Å². The number of imidazole rings is 1. The molecule has 2 aromatic rings. The summed E-state index contributed by atoms with van der Waals surface area (Å²) in [7, 11) is 5.34. The lowest BCUT2D eigenvalue weighted by molar-refractivity contribution is 0.0808. The normalized spacial score (nSPS) is 12.9. The van der Waals surface area contributed by atoms with Gasteiger partial charge in [0.15, 0.2) is 0 Å². The first-order chi connectivity index (χ1) is 8.56. The third kappa shape index (κ3) is 1.97. The van der Waals surface area contributed by atoms with Crippen LogP contribution in [0, 0.1) is 0 Å². The Morgan fingerprint density at radius 1 is 1.44 bits per heavy atom. The van der Waals surface area contributed by atoms with Crippen LogP contribution in [-0.2, 0) is 0 Å². The van der Waals surface area contributed by atoms with Crippen LogP contribution in [0.5, 0.6) is 5.75 Å².